The first-order valence-electron chi connectivity index (χ1n) is 14.1. The molecule has 0 aliphatic rings. The van der Waals surface area contributed by atoms with E-state index in [4.69, 9.17) is 10.5 Å². The summed E-state index contributed by atoms with van der Waals surface area (Å²) in [4.78, 5) is 48.7. The highest BCUT2D eigenvalue weighted by Crippen LogP contribution is 2.37. The third-order valence-electron chi connectivity index (χ3n) is 7.66. The highest BCUT2D eigenvalue weighted by Gasteiger charge is 2.19. The molecular formula is C33H36FN5O5. The largest absolute Gasteiger partial charge is 0.496 e. The number of halogens is 1. The Labute approximate surface area is 254 Å². The Morgan fingerprint density at radius 3 is 2.32 bits per heavy atom. The molecule has 11 heteroatoms. The first-order valence-corrected chi connectivity index (χ1v) is 14.1. The van der Waals surface area contributed by atoms with Crippen molar-refractivity contribution in [3.05, 3.63) is 104 Å². The summed E-state index contributed by atoms with van der Waals surface area (Å²) in [6, 6.07) is 14.5. The van der Waals surface area contributed by atoms with Gasteiger partial charge in [-0.2, -0.15) is 0 Å². The molecule has 4 aromatic rings. The summed E-state index contributed by atoms with van der Waals surface area (Å²) >= 11 is 0. The third kappa shape index (κ3) is 6.63. The van der Waals surface area contributed by atoms with E-state index < -0.39 is 23.0 Å². The number of nitrogens with two attached hydrogens (primary N) is 1. The molecular weight excluding hydrogens is 565 g/mol. The molecule has 2 amide bonds. The van der Waals surface area contributed by atoms with Gasteiger partial charge in [0.25, 0.3) is 11.5 Å². The van der Waals surface area contributed by atoms with Crippen LogP contribution in [0.1, 0.15) is 39.9 Å². The Balaban J connectivity index is 1.65. The van der Waals surface area contributed by atoms with Crippen molar-refractivity contribution in [2.24, 2.45) is 19.8 Å². The zero-order valence-corrected chi connectivity index (χ0v) is 25.4. The number of hydrogen-bond acceptors (Lipinski definition) is 6. The monoisotopic (exact) mass is 601 g/mol. The van der Waals surface area contributed by atoms with Gasteiger partial charge in [-0.3, -0.25) is 19.0 Å². The van der Waals surface area contributed by atoms with Crippen LogP contribution in [-0.2, 0) is 25.4 Å². The number of aromatic nitrogens is 2. The molecule has 0 saturated carbocycles. The fourth-order valence-electron chi connectivity index (χ4n) is 5.18. The molecule has 0 fully saturated rings. The van der Waals surface area contributed by atoms with Gasteiger partial charge in [0.2, 0.25) is 5.91 Å². The van der Waals surface area contributed by atoms with Crippen LogP contribution >= 0.6 is 0 Å². The molecule has 0 unspecified atom stereocenters. The number of methoxy groups -OCH3 is 1. The van der Waals surface area contributed by atoms with Crippen LogP contribution in [0.15, 0.2) is 64.3 Å². The molecule has 1 aromatic heterocycles. The predicted octanol–water partition coefficient (Wildman–Crippen LogP) is 3.79. The predicted molar refractivity (Wildman–Crippen MR) is 168 cm³/mol. The van der Waals surface area contributed by atoms with E-state index in [0.717, 1.165) is 32.4 Å². The topological polar surface area (TPSA) is 137 Å². The number of amides is 2. The maximum atomic E-state index is 15.4. The van der Waals surface area contributed by atoms with E-state index in [9.17, 15) is 19.2 Å². The van der Waals surface area contributed by atoms with Gasteiger partial charge in [0.1, 0.15) is 17.1 Å². The Kier molecular flexibility index (Phi) is 9.80. The van der Waals surface area contributed by atoms with Gasteiger partial charge in [0.15, 0.2) is 0 Å². The molecule has 4 N–H and O–H groups in total. The van der Waals surface area contributed by atoms with Gasteiger partial charge in [-0.25, -0.2) is 9.18 Å². The maximum absolute atomic E-state index is 15.4. The molecule has 44 heavy (non-hydrogen) atoms. The van der Waals surface area contributed by atoms with E-state index in [1.54, 1.807) is 18.2 Å². The van der Waals surface area contributed by atoms with E-state index >= 15 is 4.39 Å². The molecule has 0 saturated heterocycles. The minimum atomic E-state index is -0.685. The first-order chi connectivity index (χ1) is 20.9. The van der Waals surface area contributed by atoms with Crippen LogP contribution < -0.4 is 32.4 Å². The summed E-state index contributed by atoms with van der Waals surface area (Å²) in [5, 5.41) is 5.94. The van der Waals surface area contributed by atoms with Gasteiger partial charge in [-0.05, 0) is 78.4 Å². The molecule has 0 aliphatic carbocycles. The van der Waals surface area contributed by atoms with E-state index in [0.29, 0.717) is 35.5 Å². The second-order valence-electron chi connectivity index (χ2n) is 10.6. The molecule has 3 aromatic carbocycles. The molecule has 0 spiro atoms. The summed E-state index contributed by atoms with van der Waals surface area (Å²) in [5.74, 6) is -1.02. The minimum absolute atomic E-state index is 0.155. The maximum Gasteiger partial charge on any atom is 0.330 e. The summed E-state index contributed by atoms with van der Waals surface area (Å²) < 4.78 is 23.0. The van der Waals surface area contributed by atoms with Crippen LogP contribution in [0.25, 0.3) is 22.3 Å². The van der Waals surface area contributed by atoms with Gasteiger partial charge in [-0.1, -0.05) is 30.3 Å². The molecule has 4 rings (SSSR count). The normalized spacial score (nSPS) is 11.0. The molecule has 0 bridgehead atoms. The average molecular weight is 602 g/mol. The standard InChI is InChI=1S/C33H36FN5O5/c1-19-22(21-15-27(34)25(29(16-21)44-5)17-36-14-8-13-30(35)40)9-6-10-23(19)24-11-7-12-28(20(24)2)37-31(41)26-18-38(3)33(43)39(4)32(26)42/h6-7,9-12,15-16,18,36H,8,13-14,17H2,1-5H3,(H2,35,40)(H,37,41). The van der Waals surface area contributed by atoms with Gasteiger partial charge < -0.3 is 25.7 Å². The number of aryl methyl sites for hydroxylation is 1. The van der Waals surface area contributed by atoms with E-state index in [1.165, 1.54) is 38.0 Å². The lowest BCUT2D eigenvalue weighted by Gasteiger charge is -2.18. The summed E-state index contributed by atoms with van der Waals surface area (Å²) in [5.41, 5.74) is 9.55. The molecule has 0 atom stereocenters. The molecule has 10 nitrogen and oxygen atoms in total. The average Bonchev–Trinajstić information content (AvgIpc) is 2.99. The summed E-state index contributed by atoms with van der Waals surface area (Å²) in [7, 11) is 4.29. The fraction of sp³-hybridized carbons (Fsp3) is 0.273. The van der Waals surface area contributed by atoms with E-state index in [-0.39, 0.29) is 24.4 Å². The van der Waals surface area contributed by atoms with Crippen molar-refractivity contribution in [2.45, 2.75) is 33.2 Å². The third-order valence-corrected chi connectivity index (χ3v) is 7.66. The minimum Gasteiger partial charge on any atom is -0.496 e. The first kappa shape index (κ1) is 31.9. The summed E-state index contributed by atoms with van der Waals surface area (Å²) in [6.07, 6.45) is 2.04. The van der Waals surface area contributed by atoms with Crippen molar-refractivity contribution in [1.82, 2.24) is 14.5 Å². The number of rotatable bonds is 11. The van der Waals surface area contributed by atoms with Crippen LogP contribution in [-0.4, -0.2) is 34.6 Å². The van der Waals surface area contributed by atoms with Crippen LogP contribution in [0.2, 0.25) is 0 Å². The Morgan fingerprint density at radius 1 is 0.977 bits per heavy atom. The Morgan fingerprint density at radius 2 is 1.64 bits per heavy atom. The van der Waals surface area contributed by atoms with Gasteiger partial charge in [-0.15, -0.1) is 0 Å². The van der Waals surface area contributed by atoms with Crippen molar-refractivity contribution >= 4 is 17.5 Å². The van der Waals surface area contributed by atoms with Crippen molar-refractivity contribution in [2.75, 3.05) is 19.0 Å². The number of benzene rings is 3. The lowest BCUT2D eigenvalue weighted by atomic mass is 9.90. The zero-order chi connectivity index (χ0) is 32.1. The number of carbonyl (C=O) groups is 2. The zero-order valence-electron chi connectivity index (χ0n) is 25.4. The number of primary amides is 1. The van der Waals surface area contributed by atoms with Gasteiger partial charge >= 0.3 is 5.69 Å². The number of hydrogen-bond donors (Lipinski definition) is 3. The Hall–Kier alpha value is -5.03. The number of carbonyl (C=O) groups excluding carboxylic acids is 2. The van der Waals surface area contributed by atoms with Crippen molar-refractivity contribution in [3.63, 3.8) is 0 Å². The SMILES string of the molecule is COc1cc(-c2cccc(-c3cccc(NC(=O)c4cn(C)c(=O)n(C)c4=O)c3C)c2C)cc(F)c1CNCCCC(N)=O. The number of nitrogens with zero attached hydrogens (tertiary/aromatic N) is 2. The summed E-state index contributed by atoms with van der Waals surface area (Å²) in [6.45, 7) is 4.55. The highest BCUT2D eigenvalue weighted by molar-refractivity contribution is 6.04. The van der Waals surface area contributed by atoms with Gasteiger partial charge in [0.05, 0.1) is 7.11 Å². The van der Waals surface area contributed by atoms with E-state index in [2.05, 4.69) is 10.6 Å². The van der Waals surface area contributed by atoms with Crippen molar-refractivity contribution in [3.8, 4) is 28.0 Å². The second-order valence-corrected chi connectivity index (χ2v) is 10.6. The van der Waals surface area contributed by atoms with Gasteiger partial charge in [0, 0.05) is 44.5 Å². The van der Waals surface area contributed by atoms with Crippen LogP contribution in [0.5, 0.6) is 5.75 Å². The van der Waals surface area contributed by atoms with Crippen LogP contribution in [0, 0.1) is 19.7 Å². The molecule has 1 heterocycles. The van der Waals surface area contributed by atoms with Crippen LogP contribution in [0.4, 0.5) is 10.1 Å². The van der Waals surface area contributed by atoms with Crippen molar-refractivity contribution in [1.29, 1.82) is 0 Å². The fourth-order valence-corrected chi connectivity index (χ4v) is 5.18. The second kappa shape index (κ2) is 13.5. The highest BCUT2D eigenvalue weighted by atomic mass is 19.1. The number of anilines is 1. The van der Waals surface area contributed by atoms with Crippen LogP contribution in [0.3, 0.4) is 0 Å². The van der Waals surface area contributed by atoms with E-state index in [1.807, 2.05) is 38.1 Å². The number of nitrogens with one attached hydrogen (secondary N) is 2. The smallest absolute Gasteiger partial charge is 0.330 e. The lowest BCUT2D eigenvalue weighted by molar-refractivity contribution is -0.118. The molecule has 230 valence electrons. The quantitative estimate of drug-likeness (QED) is 0.224. The molecule has 0 aliphatic heterocycles. The lowest BCUT2D eigenvalue weighted by Crippen LogP contribution is -2.40. The molecule has 0 radical (unpaired) electrons. The van der Waals surface area contributed by atoms with Crippen molar-refractivity contribution < 1.29 is 18.7 Å². The number of ether oxygens (including phenoxy) is 1. The Bertz CT molecular complexity index is 1860.